The number of carbonyl (C=O) groups is 2. The number of alkyl carbamates (subject to hydrolysis) is 1. The molecule has 6 nitrogen and oxygen atoms in total. The molecule has 0 spiro atoms. The van der Waals surface area contributed by atoms with E-state index < -0.39 is 17.8 Å². The van der Waals surface area contributed by atoms with Gasteiger partial charge in [-0.1, -0.05) is 37.5 Å². The molecule has 0 unspecified atom stereocenters. The highest BCUT2D eigenvalue weighted by Crippen LogP contribution is 2.29. The summed E-state index contributed by atoms with van der Waals surface area (Å²) in [6.07, 6.45) is 5.18. The second-order valence-electron chi connectivity index (χ2n) is 6.60. The lowest BCUT2D eigenvalue weighted by atomic mass is 9.89. The molecule has 2 fully saturated rings. The van der Waals surface area contributed by atoms with E-state index in [4.69, 9.17) is 4.74 Å². The van der Waals surface area contributed by atoms with Crippen LogP contribution in [-0.4, -0.2) is 36.0 Å². The van der Waals surface area contributed by atoms with Crippen LogP contribution in [0.4, 0.5) is 10.5 Å². The van der Waals surface area contributed by atoms with E-state index in [1.165, 1.54) is 24.2 Å². The van der Waals surface area contributed by atoms with E-state index in [2.05, 4.69) is 5.32 Å². The van der Waals surface area contributed by atoms with Gasteiger partial charge < -0.3 is 20.1 Å². The van der Waals surface area contributed by atoms with E-state index in [9.17, 15) is 14.7 Å². The Morgan fingerprint density at radius 3 is 2.67 bits per heavy atom. The number of para-hydroxylation sites is 1. The number of ether oxygens (including phenoxy) is 1. The summed E-state index contributed by atoms with van der Waals surface area (Å²) in [7, 11) is 0. The molecule has 3 rings (SSSR count). The Morgan fingerprint density at radius 1 is 1.25 bits per heavy atom. The lowest BCUT2D eigenvalue weighted by molar-refractivity contribution is -0.175. The molecule has 0 bridgehead atoms. The van der Waals surface area contributed by atoms with E-state index in [1.54, 1.807) is 12.1 Å². The molecule has 1 saturated heterocycles. The van der Waals surface area contributed by atoms with Gasteiger partial charge in [0.2, 0.25) is 0 Å². The van der Waals surface area contributed by atoms with Crippen LogP contribution >= 0.6 is 0 Å². The van der Waals surface area contributed by atoms with Crippen LogP contribution in [0, 0.1) is 5.92 Å². The van der Waals surface area contributed by atoms with Crippen molar-refractivity contribution in [3.05, 3.63) is 30.3 Å². The summed E-state index contributed by atoms with van der Waals surface area (Å²) >= 11 is 0. The van der Waals surface area contributed by atoms with Crippen LogP contribution in [0.2, 0.25) is 0 Å². The standard InChI is InChI=1S/C18H24N2O4/c21-16-18(23,11-12-20(16)15-9-5-2-6-10-15)24-17(22)19-13-14-7-3-1-4-8-14/h2,5-6,9-10,14,23H,1,3-4,7-8,11-13H2,(H,19,22)/t18-/m0/s1. The quantitative estimate of drug-likeness (QED) is 0.830. The zero-order valence-electron chi connectivity index (χ0n) is 13.7. The summed E-state index contributed by atoms with van der Waals surface area (Å²) in [6.45, 7) is 0.848. The van der Waals surface area contributed by atoms with E-state index >= 15 is 0 Å². The molecule has 0 aromatic heterocycles. The topological polar surface area (TPSA) is 78.9 Å². The van der Waals surface area contributed by atoms with Crippen LogP contribution < -0.4 is 10.2 Å². The number of aliphatic hydroxyl groups is 1. The number of benzene rings is 1. The first kappa shape index (κ1) is 16.8. The first-order valence-corrected chi connectivity index (χ1v) is 8.65. The van der Waals surface area contributed by atoms with Crippen LogP contribution in [0.15, 0.2) is 30.3 Å². The van der Waals surface area contributed by atoms with Crippen LogP contribution in [0.5, 0.6) is 0 Å². The van der Waals surface area contributed by atoms with Gasteiger partial charge in [0.15, 0.2) is 0 Å². The number of amides is 2. The van der Waals surface area contributed by atoms with Crippen molar-refractivity contribution in [1.82, 2.24) is 5.32 Å². The van der Waals surface area contributed by atoms with Crippen LogP contribution in [0.25, 0.3) is 0 Å². The molecule has 24 heavy (non-hydrogen) atoms. The smallest absolute Gasteiger partial charge is 0.407 e. The van der Waals surface area contributed by atoms with Crippen molar-refractivity contribution in [3.8, 4) is 0 Å². The first-order valence-electron chi connectivity index (χ1n) is 8.65. The lowest BCUT2D eigenvalue weighted by Crippen LogP contribution is -2.46. The van der Waals surface area contributed by atoms with Gasteiger partial charge in [-0.3, -0.25) is 4.79 Å². The summed E-state index contributed by atoms with van der Waals surface area (Å²) in [6, 6.07) is 9.06. The fourth-order valence-corrected chi connectivity index (χ4v) is 3.44. The summed E-state index contributed by atoms with van der Waals surface area (Å²) in [4.78, 5) is 25.9. The van der Waals surface area contributed by atoms with Gasteiger partial charge >= 0.3 is 6.09 Å². The largest absolute Gasteiger partial charge is 0.410 e. The van der Waals surface area contributed by atoms with Gasteiger partial charge in [-0.05, 0) is 30.9 Å². The molecular formula is C18H24N2O4. The maximum atomic E-state index is 12.4. The number of rotatable bonds is 4. The molecule has 1 aromatic rings. The normalized spacial score (nSPS) is 24.9. The first-order chi connectivity index (χ1) is 11.6. The highest BCUT2D eigenvalue weighted by Gasteiger charge is 2.49. The lowest BCUT2D eigenvalue weighted by Gasteiger charge is -2.24. The molecule has 0 radical (unpaired) electrons. The molecule has 1 aromatic carbocycles. The van der Waals surface area contributed by atoms with Crippen molar-refractivity contribution in [2.45, 2.75) is 44.3 Å². The Hall–Kier alpha value is -2.08. The highest BCUT2D eigenvalue weighted by molar-refractivity contribution is 6.01. The number of nitrogens with one attached hydrogen (secondary N) is 1. The van der Waals surface area contributed by atoms with Crippen molar-refractivity contribution in [1.29, 1.82) is 0 Å². The van der Waals surface area contributed by atoms with Gasteiger partial charge in [0.05, 0.1) is 0 Å². The Balaban J connectivity index is 1.54. The van der Waals surface area contributed by atoms with E-state index in [1.807, 2.05) is 18.2 Å². The van der Waals surface area contributed by atoms with Crippen LogP contribution in [0.3, 0.4) is 0 Å². The van der Waals surface area contributed by atoms with Crippen LogP contribution in [0.1, 0.15) is 38.5 Å². The van der Waals surface area contributed by atoms with Crippen molar-refractivity contribution >= 4 is 17.7 Å². The minimum absolute atomic E-state index is 0.0670. The molecule has 1 saturated carbocycles. The maximum Gasteiger partial charge on any atom is 0.410 e. The fourth-order valence-electron chi connectivity index (χ4n) is 3.44. The van der Waals surface area contributed by atoms with Crippen LogP contribution in [-0.2, 0) is 9.53 Å². The average Bonchev–Trinajstić information content (AvgIpc) is 2.90. The van der Waals surface area contributed by atoms with Crippen molar-refractivity contribution < 1.29 is 19.4 Å². The van der Waals surface area contributed by atoms with Gasteiger partial charge in [0.25, 0.3) is 11.7 Å². The number of hydrogen-bond donors (Lipinski definition) is 2. The van der Waals surface area contributed by atoms with Gasteiger partial charge in [0, 0.05) is 25.2 Å². The van der Waals surface area contributed by atoms with Gasteiger partial charge in [0.1, 0.15) is 0 Å². The maximum absolute atomic E-state index is 12.4. The third-order valence-electron chi connectivity index (χ3n) is 4.84. The van der Waals surface area contributed by atoms with E-state index in [0.29, 0.717) is 24.7 Å². The average molecular weight is 332 g/mol. The SMILES string of the molecule is O=C(NCC1CCCCC1)O[C@@]1(O)CCN(c2ccccc2)C1=O. The minimum Gasteiger partial charge on any atom is -0.407 e. The number of anilines is 1. The molecule has 2 amide bonds. The molecule has 2 aliphatic rings. The van der Waals surface area contributed by atoms with E-state index in [-0.39, 0.29) is 6.42 Å². The molecule has 1 aliphatic carbocycles. The summed E-state index contributed by atoms with van der Waals surface area (Å²) < 4.78 is 5.07. The molecule has 1 aliphatic heterocycles. The third kappa shape index (κ3) is 3.70. The number of carbonyl (C=O) groups excluding carboxylic acids is 2. The number of nitrogens with zero attached hydrogens (tertiary/aromatic N) is 1. The van der Waals surface area contributed by atoms with Gasteiger partial charge in [-0.2, -0.15) is 0 Å². The second-order valence-corrected chi connectivity index (χ2v) is 6.60. The van der Waals surface area contributed by atoms with Gasteiger partial charge in [-0.15, -0.1) is 0 Å². The molecular weight excluding hydrogens is 308 g/mol. The summed E-state index contributed by atoms with van der Waals surface area (Å²) in [5.74, 6) is -2.21. The van der Waals surface area contributed by atoms with Crippen molar-refractivity contribution in [3.63, 3.8) is 0 Å². The number of hydrogen-bond acceptors (Lipinski definition) is 4. The molecule has 6 heteroatoms. The molecule has 130 valence electrons. The Kier molecular flexibility index (Phi) is 5.04. The molecule has 2 N–H and O–H groups in total. The monoisotopic (exact) mass is 332 g/mol. The fraction of sp³-hybridized carbons (Fsp3) is 0.556. The Morgan fingerprint density at radius 2 is 1.96 bits per heavy atom. The third-order valence-corrected chi connectivity index (χ3v) is 4.84. The Labute approximate surface area is 141 Å². The predicted octanol–water partition coefficient (Wildman–Crippen LogP) is 2.42. The minimum atomic E-state index is -2.08. The predicted molar refractivity (Wildman–Crippen MR) is 89.4 cm³/mol. The zero-order valence-corrected chi connectivity index (χ0v) is 13.7. The second kappa shape index (κ2) is 7.21. The summed E-state index contributed by atoms with van der Waals surface area (Å²) in [5.41, 5.74) is 0.685. The van der Waals surface area contributed by atoms with Crippen molar-refractivity contribution in [2.24, 2.45) is 5.92 Å². The van der Waals surface area contributed by atoms with Gasteiger partial charge in [-0.25, -0.2) is 4.79 Å². The zero-order chi connectivity index (χ0) is 17.0. The Bertz CT molecular complexity index is 586. The van der Waals surface area contributed by atoms with Crippen molar-refractivity contribution in [2.75, 3.05) is 18.0 Å². The molecule has 1 heterocycles. The summed E-state index contributed by atoms with van der Waals surface area (Å²) in [5, 5.41) is 13.1. The molecule has 1 atom stereocenters. The highest BCUT2D eigenvalue weighted by atomic mass is 16.7. The van der Waals surface area contributed by atoms with E-state index in [0.717, 1.165) is 12.8 Å².